The third-order valence-corrected chi connectivity index (χ3v) is 6.56. The molecule has 0 aliphatic carbocycles. The second-order valence-electron chi connectivity index (χ2n) is 8.46. The number of carbonyl (C=O) groups excluding carboxylic acids is 1. The summed E-state index contributed by atoms with van der Waals surface area (Å²) in [6.45, 7) is 2.10. The lowest BCUT2D eigenvalue weighted by atomic mass is 9.96. The Morgan fingerprint density at radius 2 is 1.65 bits per heavy atom. The summed E-state index contributed by atoms with van der Waals surface area (Å²) in [6, 6.07) is 12.2. The molecule has 9 nitrogen and oxygen atoms in total. The Bertz CT molecular complexity index is 1010. The number of methoxy groups -OCH3 is 3. The maximum absolute atomic E-state index is 13.8. The van der Waals surface area contributed by atoms with E-state index in [1.807, 2.05) is 18.2 Å². The van der Waals surface area contributed by atoms with Crippen LogP contribution in [-0.2, 0) is 16.1 Å². The predicted octanol–water partition coefficient (Wildman–Crippen LogP) is 2.63. The number of likely N-dealkylation sites (tertiary alicyclic amines) is 1. The summed E-state index contributed by atoms with van der Waals surface area (Å²) in [6.07, 6.45) is 1.03. The lowest BCUT2D eigenvalue weighted by molar-refractivity contribution is -0.144. The van der Waals surface area contributed by atoms with Crippen molar-refractivity contribution in [1.29, 1.82) is 0 Å². The number of aliphatic carboxylic acids is 1. The fourth-order valence-electron chi connectivity index (χ4n) is 4.80. The lowest BCUT2D eigenvalue weighted by Crippen LogP contribution is -2.58. The van der Waals surface area contributed by atoms with Crippen molar-refractivity contribution in [3.63, 3.8) is 0 Å². The predicted molar refractivity (Wildman–Crippen MR) is 123 cm³/mol. The zero-order valence-electron chi connectivity index (χ0n) is 19.7. The molecule has 2 fully saturated rings. The molecule has 2 heterocycles. The van der Waals surface area contributed by atoms with Crippen molar-refractivity contribution >= 4 is 11.9 Å². The van der Waals surface area contributed by atoms with Crippen LogP contribution in [0.15, 0.2) is 42.5 Å². The van der Waals surface area contributed by atoms with Gasteiger partial charge in [-0.3, -0.25) is 14.6 Å². The van der Waals surface area contributed by atoms with Crippen molar-refractivity contribution in [1.82, 2.24) is 9.80 Å². The Labute approximate surface area is 198 Å². The normalized spacial score (nSPS) is 19.7. The van der Waals surface area contributed by atoms with Gasteiger partial charge in [0.15, 0.2) is 17.5 Å². The fourth-order valence-corrected chi connectivity index (χ4v) is 4.80. The van der Waals surface area contributed by atoms with Gasteiger partial charge in [0, 0.05) is 38.0 Å². The van der Waals surface area contributed by atoms with Gasteiger partial charge in [-0.25, -0.2) is 4.79 Å². The summed E-state index contributed by atoms with van der Waals surface area (Å²) in [7, 11) is 4.41. The van der Waals surface area contributed by atoms with Crippen LogP contribution < -0.4 is 14.2 Å². The molecule has 1 atom stereocenters. The van der Waals surface area contributed by atoms with Crippen molar-refractivity contribution in [3.8, 4) is 17.2 Å². The molecule has 0 unspecified atom stereocenters. The minimum Gasteiger partial charge on any atom is -0.493 e. The molecule has 2 aromatic carbocycles. The third-order valence-electron chi connectivity index (χ3n) is 6.56. The van der Waals surface area contributed by atoms with E-state index < -0.39 is 23.6 Å². The van der Waals surface area contributed by atoms with Gasteiger partial charge in [-0.1, -0.05) is 30.3 Å². The highest BCUT2D eigenvalue weighted by Gasteiger charge is 2.54. The number of hydrogen-bond acceptors (Lipinski definition) is 7. The lowest BCUT2D eigenvalue weighted by Gasteiger charge is -2.44. The highest BCUT2D eigenvalue weighted by molar-refractivity contribution is 5.98. The van der Waals surface area contributed by atoms with Crippen LogP contribution in [0.1, 0.15) is 28.8 Å². The first-order valence-corrected chi connectivity index (χ1v) is 11.2. The van der Waals surface area contributed by atoms with Crippen LogP contribution in [0.5, 0.6) is 17.2 Å². The molecule has 1 N–H and O–H groups in total. The van der Waals surface area contributed by atoms with Gasteiger partial charge in [-0.2, -0.15) is 0 Å². The summed E-state index contributed by atoms with van der Waals surface area (Å²) in [5.41, 5.74) is 0.477. The first kappa shape index (κ1) is 23.8. The SMILES string of the molecule is COc1cc(C(=O)N2[C@@H](C(=O)O)COC23CCN(Cc2ccccc2)CC3)cc(OC)c1OC. The quantitative estimate of drug-likeness (QED) is 0.660. The van der Waals surface area contributed by atoms with E-state index >= 15 is 0 Å². The molecule has 2 saturated heterocycles. The van der Waals surface area contributed by atoms with E-state index in [1.54, 1.807) is 12.1 Å². The van der Waals surface area contributed by atoms with Crippen LogP contribution in [0.2, 0.25) is 0 Å². The topological polar surface area (TPSA) is 97.8 Å². The second kappa shape index (κ2) is 9.90. The molecule has 182 valence electrons. The molecule has 2 aliphatic heterocycles. The van der Waals surface area contributed by atoms with E-state index in [1.165, 1.54) is 31.8 Å². The summed E-state index contributed by atoms with van der Waals surface area (Å²) in [5, 5.41) is 9.87. The summed E-state index contributed by atoms with van der Waals surface area (Å²) >= 11 is 0. The van der Waals surface area contributed by atoms with E-state index in [9.17, 15) is 14.7 Å². The Kier molecular flexibility index (Phi) is 6.95. The molecule has 2 aliphatic rings. The van der Waals surface area contributed by atoms with E-state index in [-0.39, 0.29) is 12.2 Å². The minimum atomic E-state index is -1.09. The molecule has 0 aromatic heterocycles. The van der Waals surface area contributed by atoms with Gasteiger partial charge < -0.3 is 24.1 Å². The van der Waals surface area contributed by atoms with Crippen LogP contribution in [0.4, 0.5) is 0 Å². The number of benzene rings is 2. The molecule has 0 radical (unpaired) electrons. The van der Waals surface area contributed by atoms with Crippen LogP contribution in [-0.4, -0.2) is 79.6 Å². The number of carboxylic acid groups (broad SMARTS) is 1. The van der Waals surface area contributed by atoms with E-state index in [4.69, 9.17) is 18.9 Å². The fraction of sp³-hybridized carbons (Fsp3) is 0.440. The molecule has 9 heteroatoms. The summed E-state index contributed by atoms with van der Waals surface area (Å²) in [5.74, 6) is -0.532. The van der Waals surface area contributed by atoms with Gasteiger partial charge in [0.05, 0.1) is 27.9 Å². The van der Waals surface area contributed by atoms with Gasteiger partial charge >= 0.3 is 5.97 Å². The summed E-state index contributed by atoms with van der Waals surface area (Å²) < 4.78 is 22.2. The number of amides is 1. The van der Waals surface area contributed by atoms with E-state index in [0.29, 0.717) is 43.2 Å². The highest BCUT2D eigenvalue weighted by atomic mass is 16.5. The van der Waals surface area contributed by atoms with Gasteiger partial charge in [-0.15, -0.1) is 0 Å². The van der Waals surface area contributed by atoms with Crippen LogP contribution in [0, 0.1) is 0 Å². The number of piperidine rings is 1. The van der Waals surface area contributed by atoms with Gasteiger partial charge in [0.2, 0.25) is 5.75 Å². The molecule has 0 saturated carbocycles. The van der Waals surface area contributed by atoms with Crippen LogP contribution in [0.3, 0.4) is 0 Å². The minimum absolute atomic E-state index is 0.0514. The largest absolute Gasteiger partial charge is 0.493 e. The molecular weight excluding hydrogens is 440 g/mol. The third kappa shape index (κ3) is 4.41. The van der Waals surface area contributed by atoms with Crippen molar-refractivity contribution in [2.24, 2.45) is 0 Å². The van der Waals surface area contributed by atoms with Crippen LogP contribution >= 0.6 is 0 Å². The standard InChI is InChI=1S/C25H30N2O7/c1-31-20-13-18(14-21(32-2)22(20)33-3)23(28)27-19(24(29)30)16-34-25(27)9-11-26(12-10-25)15-17-7-5-4-6-8-17/h4-8,13-14,19H,9-12,15-16H2,1-3H3,(H,29,30)/t19-/m1/s1. The maximum atomic E-state index is 13.8. The number of carbonyl (C=O) groups is 2. The molecule has 1 spiro atoms. The van der Waals surface area contributed by atoms with Crippen LogP contribution in [0.25, 0.3) is 0 Å². The Balaban J connectivity index is 1.61. The summed E-state index contributed by atoms with van der Waals surface area (Å²) in [4.78, 5) is 29.5. The average Bonchev–Trinajstić information content (AvgIpc) is 3.23. The highest BCUT2D eigenvalue weighted by Crippen LogP contribution is 2.42. The van der Waals surface area contributed by atoms with E-state index in [2.05, 4.69) is 17.0 Å². The first-order chi connectivity index (χ1) is 16.4. The number of nitrogens with zero attached hydrogens (tertiary/aromatic N) is 2. The molecular formula is C25H30N2O7. The van der Waals surface area contributed by atoms with Gasteiger partial charge in [0.1, 0.15) is 5.72 Å². The number of rotatable bonds is 7. The number of ether oxygens (including phenoxy) is 4. The molecule has 34 heavy (non-hydrogen) atoms. The van der Waals surface area contributed by atoms with E-state index in [0.717, 1.165) is 6.54 Å². The van der Waals surface area contributed by atoms with Gasteiger partial charge in [-0.05, 0) is 17.7 Å². The smallest absolute Gasteiger partial charge is 0.328 e. The number of carboxylic acids is 1. The zero-order chi connectivity index (χ0) is 24.3. The Morgan fingerprint density at radius 3 is 2.18 bits per heavy atom. The van der Waals surface area contributed by atoms with Crippen molar-refractivity contribution < 1.29 is 33.6 Å². The van der Waals surface area contributed by atoms with Crippen molar-refractivity contribution in [2.45, 2.75) is 31.2 Å². The molecule has 2 aromatic rings. The second-order valence-corrected chi connectivity index (χ2v) is 8.46. The average molecular weight is 471 g/mol. The first-order valence-electron chi connectivity index (χ1n) is 11.2. The maximum Gasteiger partial charge on any atom is 0.328 e. The molecule has 1 amide bonds. The van der Waals surface area contributed by atoms with Gasteiger partial charge in [0.25, 0.3) is 5.91 Å². The van der Waals surface area contributed by atoms with Crippen molar-refractivity contribution in [3.05, 3.63) is 53.6 Å². The Morgan fingerprint density at radius 1 is 1.03 bits per heavy atom. The molecule has 4 rings (SSSR count). The number of hydrogen-bond donors (Lipinski definition) is 1. The van der Waals surface area contributed by atoms with Crippen molar-refractivity contribution in [2.75, 3.05) is 41.0 Å². The Hall–Kier alpha value is -3.30. The zero-order valence-corrected chi connectivity index (χ0v) is 19.7. The molecule has 0 bridgehead atoms. The monoisotopic (exact) mass is 470 g/mol.